The Balaban J connectivity index is 0.00000176. The van der Waals surface area contributed by atoms with Gasteiger partial charge in [-0.2, -0.15) is 0 Å². The van der Waals surface area contributed by atoms with Crippen LogP contribution in [0, 0.1) is 13.8 Å². The largest absolute Gasteiger partial charge is 0.340 e. The summed E-state index contributed by atoms with van der Waals surface area (Å²) in [6, 6.07) is 7.05. The minimum atomic E-state index is -0.216. The lowest BCUT2D eigenvalue weighted by Gasteiger charge is -2.35. The van der Waals surface area contributed by atoms with Gasteiger partial charge >= 0.3 is 0 Å². The molecule has 3 rings (SSSR count). The number of benzene rings is 1. The van der Waals surface area contributed by atoms with Crippen molar-refractivity contribution in [2.45, 2.75) is 51.0 Å². The third-order valence-electron chi connectivity index (χ3n) is 5.05. The Bertz CT molecular complexity index is 534. The van der Waals surface area contributed by atoms with Crippen molar-refractivity contribution >= 4 is 18.3 Å². The number of rotatable bonds is 3. The first kappa shape index (κ1) is 17.3. The van der Waals surface area contributed by atoms with E-state index in [0.717, 1.165) is 32.4 Å². The first-order valence-electron chi connectivity index (χ1n) is 8.10. The summed E-state index contributed by atoms with van der Waals surface area (Å²) in [6.45, 7) is 6.02. The van der Waals surface area contributed by atoms with Crippen molar-refractivity contribution in [1.82, 2.24) is 10.2 Å². The number of nitrogens with one attached hydrogen (secondary N) is 1. The van der Waals surface area contributed by atoms with Gasteiger partial charge in [-0.3, -0.25) is 4.79 Å². The number of likely N-dealkylation sites (tertiary alicyclic amines) is 1. The van der Waals surface area contributed by atoms with Gasteiger partial charge in [0.15, 0.2) is 0 Å². The van der Waals surface area contributed by atoms with E-state index >= 15 is 0 Å². The molecule has 0 bridgehead atoms. The molecule has 1 heterocycles. The number of carbonyl (C=O) groups excluding carboxylic acids is 1. The number of likely N-dealkylation sites (N-methyl/N-ethyl adjacent to an activating group) is 1. The van der Waals surface area contributed by atoms with E-state index in [1.54, 1.807) is 0 Å². The molecule has 4 heteroatoms. The Morgan fingerprint density at radius 1 is 1.23 bits per heavy atom. The van der Waals surface area contributed by atoms with E-state index in [9.17, 15) is 4.79 Å². The van der Waals surface area contributed by atoms with E-state index in [0.29, 0.717) is 11.9 Å². The maximum absolute atomic E-state index is 13.1. The van der Waals surface area contributed by atoms with Gasteiger partial charge < -0.3 is 10.2 Å². The molecule has 2 fully saturated rings. The zero-order valence-electron chi connectivity index (χ0n) is 13.8. The number of hydrogen-bond acceptors (Lipinski definition) is 2. The number of carbonyl (C=O) groups is 1. The highest BCUT2D eigenvalue weighted by Crippen LogP contribution is 2.50. The highest BCUT2D eigenvalue weighted by atomic mass is 35.5. The third-order valence-corrected chi connectivity index (χ3v) is 5.05. The average molecular weight is 323 g/mol. The first-order chi connectivity index (χ1) is 10.0. The number of nitrogens with zero attached hydrogens (tertiary/aromatic N) is 1. The predicted octanol–water partition coefficient (Wildman–Crippen LogP) is 2.97. The standard InChI is InChI=1S/C18H26N2O.ClH/c1-13-9-14(2)11-15(10-13)18(6-7-18)17(21)20-8-4-5-16(12-20)19-3;/h9-11,16,19H,4-8,12H2,1-3H3;1H. The second-order valence-electron chi connectivity index (χ2n) is 6.84. The maximum Gasteiger partial charge on any atom is 0.233 e. The Morgan fingerprint density at radius 3 is 2.41 bits per heavy atom. The maximum atomic E-state index is 13.1. The van der Waals surface area contributed by atoms with Gasteiger partial charge in [0.25, 0.3) is 0 Å². The molecule has 3 nitrogen and oxygen atoms in total. The molecule has 1 saturated carbocycles. The summed E-state index contributed by atoms with van der Waals surface area (Å²) in [5, 5.41) is 3.32. The number of aryl methyl sites for hydroxylation is 2. The molecule has 0 aromatic heterocycles. The quantitative estimate of drug-likeness (QED) is 0.928. The molecule has 1 aromatic carbocycles. The molecule has 2 aliphatic rings. The van der Waals surface area contributed by atoms with Crippen LogP contribution < -0.4 is 5.32 Å². The monoisotopic (exact) mass is 322 g/mol. The number of amides is 1. The van der Waals surface area contributed by atoms with Gasteiger partial charge in [-0.15, -0.1) is 12.4 Å². The highest BCUT2D eigenvalue weighted by molar-refractivity contribution is 5.91. The van der Waals surface area contributed by atoms with Crippen LogP contribution in [0.3, 0.4) is 0 Å². The number of halogens is 1. The van der Waals surface area contributed by atoms with Crippen molar-refractivity contribution < 1.29 is 4.79 Å². The molecule has 1 saturated heterocycles. The fourth-order valence-electron chi connectivity index (χ4n) is 3.70. The molecule has 1 amide bonds. The normalized spacial score (nSPS) is 22.9. The van der Waals surface area contributed by atoms with Crippen molar-refractivity contribution in [3.63, 3.8) is 0 Å². The molecule has 22 heavy (non-hydrogen) atoms. The van der Waals surface area contributed by atoms with E-state index in [4.69, 9.17) is 0 Å². The second-order valence-corrected chi connectivity index (χ2v) is 6.84. The SMILES string of the molecule is CNC1CCCN(C(=O)C2(c3cc(C)cc(C)c3)CC2)C1.Cl. The van der Waals surface area contributed by atoms with Crippen molar-refractivity contribution in [3.05, 3.63) is 34.9 Å². The van der Waals surface area contributed by atoms with Gasteiger partial charge in [0, 0.05) is 19.1 Å². The highest BCUT2D eigenvalue weighted by Gasteiger charge is 2.53. The number of hydrogen-bond donors (Lipinski definition) is 1. The van der Waals surface area contributed by atoms with Crippen molar-refractivity contribution in [1.29, 1.82) is 0 Å². The number of piperidine rings is 1. The predicted molar refractivity (Wildman–Crippen MR) is 92.7 cm³/mol. The second kappa shape index (κ2) is 6.59. The summed E-state index contributed by atoms with van der Waals surface area (Å²) >= 11 is 0. The van der Waals surface area contributed by atoms with Gasteiger partial charge in [0.1, 0.15) is 0 Å². The van der Waals surface area contributed by atoms with Crippen molar-refractivity contribution in [2.24, 2.45) is 0 Å². The lowest BCUT2D eigenvalue weighted by Crippen LogP contribution is -2.50. The fourth-order valence-corrected chi connectivity index (χ4v) is 3.70. The smallest absolute Gasteiger partial charge is 0.233 e. The molecule has 0 spiro atoms. The van der Waals surface area contributed by atoms with Crippen LogP contribution in [0.25, 0.3) is 0 Å². The average Bonchev–Trinajstić information content (AvgIpc) is 3.27. The van der Waals surface area contributed by atoms with E-state index in [-0.39, 0.29) is 17.8 Å². The van der Waals surface area contributed by atoms with Crippen LogP contribution in [-0.2, 0) is 10.2 Å². The fraction of sp³-hybridized carbons (Fsp3) is 0.611. The van der Waals surface area contributed by atoms with E-state index in [1.165, 1.54) is 23.1 Å². The molecule has 1 atom stereocenters. The van der Waals surface area contributed by atoms with Crippen LogP contribution in [0.1, 0.15) is 42.4 Å². The van der Waals surface area contributed by atoms with Gasteiger partial charge in [0.2, 0.25) is 5.91 Å². The molecular weight excluding hydrogens is 296 g/mol. The van der Waals surface area contributed by atoms with Crippen molar-refractivity contribution in [3.8, 4) is 0 Å². The van der Waals surface area contributed by atoms with Crippen LogP contribution in [0.5, 0.6) is 0 Å². The summed E-state index contributed by atoms with van der Waals surface area (Å²) in [7, 11) is 2.00. The van der Waals surface area contributed by atoms with E-state index < -0.39 is 0 Å². The Kier molecular flexibility index (Phi) is 5.18. The zero-order chi connectivity index (χ0) is 15.0. The minimum absolute atomic E-state index is 0. The van der Waals surface area contributed by atoms with Gasteiger partial charge in [-0.05, 0) is 52.1 Å². The lowest BCUT2D eigenvalue weighted by molar-refractivity contribution is -0.135. The van der Waals surface area contributed by atoms with Crippen LogP contribution in [0.2, 0.25) is 0 Å². The summed E-state index contributed by atoms with van der Waals surface area (Å²) in [5.74, 6) is 0.354. The van der Waals surface area contributed by atoms with E-state index in [2.05, 4.69) is 42.3 Å². The van der Waals surface area contributed by atoms with Gasteiger partial charge in [-0.1, -0.05) is 29.3 Å². The molecule has 1 aliphatic carbocycles. The summed E-state index contributed by atoms with van der Waals surface area (Å²) < 4.78 is 0. The van der Waals surface area contributed by atoms with E-state index in [1.807, 2.05) is 7.05 Å². The van der Waals surface area contributed by atoms with Crippen LogP contribution in [-0.4, -0.2) is 37.0 Å². The Labute approximate surface area is 139 Å². The Hall–Kier alpha value is -1.06. The Morgan fingerprint density at radius 2 is 1.86 bits per heavy atom. The topological polar surface area (TPSA) is 32.3 Å². The minimum Gasteiger partial charge on any atom is -0.340 e. The van der Waals surface area contributed by atoms with Gasteiger partial charge in [0.05, 0.1) is 5.41 Å². The lowest BCUT2D eigenvalue weighted by atomic mass is 9.90. The molecule has 1 aromatic rings. The molecule has 0 radical (unpaired) electrons. The van der Waals surface area contributed by atoms with Gasteiger partial charge in [-0.25, -0.2) is 0 Å². The van der Waals surface area contributed by atoms with Crippen LogP contribution >= 0.6 is 12.4 Å². The third kappa shape index (κ3) is 3.16. The van der Waals surface area contributed by atoms with Crippen LogP contribution in [0.4, 0.5) is 0 Å². The summed E-state index contributed by atoms with van der Waals surface area (Å²) in [6.07, 6.45) is 4.31. The molecule has 122 valence electrons. The first-order valence-corrected chi connectivity index (χ1v) is 8.10. The molecular formula is C18H27ClN2O. The zero-order valence-corrected chi connectivity index (χ0v) is 14.6. The molecule has 1 N–H and O–H groups in total. The summed E-state index contributed by atoms with van der Waals surface area (Å²) in [4.78, 5) is 15.2. The molecule has 1 unspecified atom stereocenters. The van der Waals surface area contributed by atoms with Crippen LogP contribution in [0.15, 0.2) is 18.2 Å². The summed E-state index contributed by atoms with van der Waals surface area (Å²) in [5.41, 5.74) is 3.54. The molecule has 1 aliphatic heterocycles. The van der Waals surface area contributed by atoms with Crippen molar-refractivity contribution in [2.75, 3.05) is 20.1 Å².